The van der Waals surface area contributed by atoms with Crippen LogP contribution in [0.2, 0.25) is 0 Å². The Balaban J connectivity index is 2.31. The highest BCUT2D eigenvalue weighted by Crippen LogP contribution is 2.17. The maximum atomic E-state index is 13.3. The summed E-state index contributed by atoms with van der Waals surface area (Å²) < 4.78 is 26.2. The lowest BCUT2D eigenvalue weighted by Crippen LogP contribution is -2.23. The summed E-state index contributed by atoms with van der Waals surface area (Å²) in [5, 5.41) is 21.3. The van der Waals surface area contributed by atoms with Gasteiger partial charge in [-0.2, -0.15) is 0 Å². The summed E-state index contributed by atoms with van der Waals surface area (Å²) >= 11 is 0. The lowest BCUT2D eigenvalue weighted by molar-refractivity contribution is 0.169. The minimum Gasteiger partial charge on any atom is -0.396 e. The molecule has 0 saturated carbocycles. The van der Waals surface area contributed by atoms with Gasteiger partial charge in [-0.15, -0.1) is 0 Å². The number of aliphatic hydroxyl groups excluding tert-OH is 2. The highest BCUT2D eigenvalue weighted by atomic mass is 19.1. The Morgan fingerprint density at radius 1 is 1.17 bits per heavy atom. The molecule has 3 N–H and O–H groups in total. The van der Waals surface area contributed by atoms with Crippen LogP contribution in [0.15, 0.2) is 18.2 Å². The fourth-order valence-corrected chi connectivity index (χ4v) is 1.66. The molecule has 0 aliphatic rings. The van der Waals surface area contributed by atoms with Gasteiger partial charge in [0.15, 0.2) is 0 Å². The van der Waals surface area contributed by atoms with Crippen molar-refractivity contribution in [2.45, 2.75) is 25.4 Å². The zero-order chi connectivity index (χ0) is 13.4. The van der Waals surface area contributed by atoms with Gasteiger partial charge in [-0.05, 0) is 44.0 Å². The van der Waals surface area contributed by atoms with Crippen LogP contribution in [0.3, 0.4) is 0 Å². The zero-order valence-corrected chi connectivity index (χ0v) is 10.2. The van der Waals surface area contributed by atoms with E-state index in [9.17, 15) is 13.9 Å². The van der Waals surface area contributed by atoms with Crippen molar-refractivity contribution in [3.05, 3.63) is 35.4 Å². The Bertz CT molecular complexity index is 361. The smallest absolute Gasteiger partial charge is 0.129 e. The van der Waals surface area contributed by atoms with E-state index in [0.717, 1.165) is 37.5 Å². The van der Waals surface area contributed by atoms with Crippen molar-refractivity contribution in [3.8, 4) is 0 Å². The molecule has 0 aliphatic heterocycles. The fourth-order valence-electron chi connectivity index (χ4n) is 1.66. The lowest BCUT2D eigenvalue weighted by Gasteiger charge is -2.13. The summed E-state index contributed by atoms with van der Waals surface area (Å²) in [5.41, 5.74) is -0.0298. The molecule has 0 aliphatic carbocycles. The maximum absolute atomic E-state index is 13.3. The van der Waals surface area contributed by atoms with Crippen molar-refractivity contribution < 1.29 is 19.0 Å². The van der Waals surface area contributed by atoms with Crippen molar-refractivity contribution in [1.82, 2.24) is 5.32 Å². The Morgan fingerprint density at radius 2 is 1.94 bits per heavy atom. The van der Waals surface area contributed by atoms with Crippen molar-refractivity contribution in [2.24, 2.45) is 0 Å². The summed E-state index contributed by atoms with van der Waals surface area (Å²) in [4.78, 5) is 0. The molecule has 3 nitrogen and oxygen atoms in total. The van der Waals surface area contributed by atoms with Gasteiger partial charge in [-0.1, -0.05) is 0 Å². The molecule has 1 unspecified atom stereocenters. The number of benzene rings is 1. The van der Waals surface area contributed by atoms with Crippen LogP contribution in [-0.4, -0.2) is 29.9 Å². The topological polar surface area (TPSA) is 52.5 Å². The van der Waals surface area contributed by atoms with E-state index in [2.05, 4.69) is 5.32 Å². The molecular weight excluding hydrogens is 240 g/mol. The number of unbranched alkanes of at least 4 members (excludes halogenated alkanes) is 2. The van der Waals surface area contributed by atoms with Crippen LogP contribution >= 0.6 is 0 Å². The number of rotatable bonds is 8. The molecule has 0 heterocycles. The van der Waals surface area contributed by atoms with Crippen LogP contribution in [0.4, 0.5) is 8.78 Å². The van der Waals surface area contributed by atoms with Gasteiger partial charge < -0.3 is 15.5 Å². The first-order chi connectivity index (χ1) is 8.65. The Hall–Kier alpha value is -1.04. The Labute approximate surface area is 105 Å². The van der Waals surface area contributed by atoms with E-state index in [-0.39, 0.29) is 18.7 Å². The molecule has 1 atom stereocenters. The molecule has 1 aromatic carbocycles. The summed E-state index contributed by atoms with van der Waals surface area (Å²) in [7, 11) is 0. The largest absolute Gasteiger partial charge is 0.396 e. The predicted molar refractivity (Wildman–Crippen MR) is 65.1 cm³/mol. The molecule has 1 rings (SSSR count). The minimum atomic E-state index is -1.06. The number of hydrogen-bond acceptors (Lipinski definition) is 3. The van der Waals surface area contributed by atoms with Gasteiger partial charge in [0.05, 0.1) is 6.10 Å². The number of aliphatic hydroxyl groups is 2. The third kappa shape index (κ3) is 5.08. The highest BCUT2D eigenvalue weighted by molar-refractivity contribution is 5.21. The normalized spacial score (nSPS) is 12.7. The maximum Gasteiger partial charge on any atom is 0.129 e. The van der Waals surface area contributed by atoms with E-state index in [1.165, 1.54) is 0 Å². The Kier molecular flexibility index (Phi) is 6.78. The SMILES string of the molecule is OCCCCCNCC(O)c1cc(F)ccc1F. The first kappa shape index (κ1) is 15.0. The van der Waals surface area contributed by atoms with Crippen molar-refractivity contribution in [3.63, 3.8) is 0 Å². The molecule has 0 amide bonds. The van der Waals surface area contributed by atoms with Gasteiger partial charge in [0.25, 0.3) is 0 Å². The monoisotopic (exact) mass is 259 g/mol. The average Bonchev–Trinajstić information content (AvgIpc) is 2.36. The molecule has 5 heteroatoms. The molecule has 0 aromatic heterocycles. The van der Waals surface area contributed by atoms with E-state index >= 15 is 0 Å². The summed E-state index contributed by atoms with van der Waals surface area (Å²) in [6.45, 7) is 1.03. The van der Waals surface area contributed by atoms with E-state index in [4.69, 9.17) is 5.11 Å². The van der Waals surface area contributed by atoms with Crippen LogP contribution in [0.1, 0.15) is 30.9 Å². The number of hydrogen-bond donors (Lipinski definition) is 3. The standard InChI is InChI=1S/C13H19F2NO2/c14-10-4-5-12(15)11(8-10)13(18)9-16-6-2-1-3-7-17/h4-5,8,13,16-18H,1-3,6-7,9H2. The first-order valence-electron chi connectivity index (χ1n) is 6.09. The van der Waals surface area contributed by atoms with E-state index < -0.39 is 17.7 Å². The summed E-state index contributed by atoms with van der Waals surface area (Å²) in [6.07, 6.45) is 1.47. The number of halogens is 2. The molecular formula is C13H19F2NO2. The first-order valence-corrected chi connectivity index (χ1v) is 6.09. The molecule has 102 valence electrons. The van der Waals surface area contributed by atoms with Crippen molar-refractivity contribution in [2.75, 3.05) is 19.7 Å². The Morgan fingerprint density at radius 3 is 2.67 bits per heavy atom. The fraction of sp³-hybridized carbons (Fsp3) is 0.538. The quantitative estimate of drug-likeness (QED) is 0.623. The van der Waals surface area contributed by atoms with E-state index in [1.807, 2.05) is 0 Å². The molecule has 0 bridgehead atoms. The second-order valence-electron chi connectivity index (χ2n) is 4.17. The van der Waals surface area contributed by atoms with E-state index in [0.29, 0.717) is 6.54 Å². The van der Waals surface area contributed by atoms with Crippen LogP contribution in [0, 0.1) is 11.6 Å². The minimum absolute atomic E-state index is 0.0298. The van der Waals surface area contributed by atoms with Gasteiger partial charge in [0, 0.05) is 18.7 Å². The second-order valence-corrected chi connectivity index (χ2v) is 4.17. The van der Waals surface area contributed by atoms with Gasteiger partial charge in [0.2, 0.25) is 0 Å². The molecule has 0 spiro atoms. The molecule has 0 fully saturated rings. The third-order valence-corrected chi connectivity index (χ3v) is 2.67. The number of nitrogens with one attached hydrogen (secondary N) is 1. The second kappa shape index (κ2) is 8.13. The third-order valence-electron chi connectivity index (χ3n) is 2.67. The van der Waals surface area contributed by atoms with Gasteiger partial charge in [-0.3, -0.25) is 0 Å². The molecule has 18 heavy (non-hydrogen) atoms. The molecule has 0 radical (unpaired) electrons. The summed E-state index contributed by atoms with van der Waals surface area (Å²) in [6, 6.07) is 3.04. The van der Waals surface area contributed by atoms with Crippen LogP contribution < -0.4 is 5.32 Å². The van der Waals surface area contributed by atoms with Crippen molar-refractivity contribution in [1.29, 1.82) is 0 Å². The predicted octanol–water partition coefficient (Wildman–Crippen LogP) is 1.75. The molecule has 0 saturated heterocycles. The average molecular weight is 259 g/mol. The van der Waals surface area contributed by atoms with Gasteiger partial charge >= 0.3 is 0 Å². The van der Waals surface area contributed by atoms with Crippen LogP contribution in [0.25, 0.3) is 0 Å². The van der Waals surface area contributed by atoms with Crippen LogP contribution in [-0.2, 0) is 0 Å². The summed E-state index contributed by atoms with van der Waals surface area (Å²) in [5.74, 6) is -1.17. The van der Waals surface area contributed by atoms with E-state index in [1.54, 1.807) is 0 Å². The van der Waals surface area contributed by atoms with Gasteiger partial charge in [0.1, 0.15) is 11.6 Å². The zero-order valence-electron chi connectivity index (χ0n) is 10.2. The lowest BCUT2D eigenvalue weighted by atomic mass is 10.1. The van der Waals surface area contributed by atoms with Gasteiger partial charge in [-0.25, -0.2) is 8.78 Å². The van der Waals surface area contributed by atoms with Crippen LogP contribution in [0.5, 0.6) is 0 Å². The van der Waals surface area contributed by atoms with Crippen molar-refractivity contribution >= 4 is 0 Å². The molecule has 1 aromatic rings. The highest BCUT2D eigenvalue weighted by Gasteiger charge is 2.13.